The van der Waals surface area contributed by atoms with E-state index in [0.29, 0.717) is 0 Å². The molecule has 0 N–H and O–H groups in total. The highest BCUT2D eigenvalue weighted by atomic mass is 35.5. The molecule has 0 amide bonds. The van der Waals surface area contributed by atoms with Crippen LogP contribution in [0.2, 0.25) is 0 Å². The molecule has 0 aromatic rings. The lowest BCUT2D eigenvalue weighted by atomic mass is 10.3. The van der Waals surface area contributed by atoms with Crippen molar-refractivity contribution >= 4 is 23.2 Å². The first-order valence-electron chi connectivity index (χ1n) is 3.68. The second-order valence-electron chi connectivity index (χ2n) is 2.78. The number of hydrogen-bond donors (Lipinski definition) is 0. The van der Waals surface area contributed by atoms with Crippen molar-refractivity contribution < 1.29 is 48.6 Å². The smallest absolute Gasteiger partial charge is 0.258 e. The maximum atomic E-state index is 12.6. The van der Waals surface area contributed by atoms with Gasteiger partial charge in [-0.05, 0) is 23.2 Å². The largest absolute Gasteiger partial charge is 0.430 e. The summed E-state index contributed by atoms with van der Waals surface area (Å²) in [7, 11) is 0. The van der Waals surface area contributed by atoms with Gasteiger partial charge in [0.1, 0.15) is 0 Å². The highest BCUT2D eigenvalue weighted by molar-refractivity contribution is 6.31. The first-order chi connectivity index (χ1) is 8.06. The van der Waals surface area contributed by atoms with Crippen LogP contribution in [-0.4, -0.2) is 22.7 Å². The highest BCUT2D eigenvalue weighted by Gasteiger charge is 2.70. The molecule has 19 heavy (non-hydrogen) atoms. The zero-order chi connectivity index (χ0) is 15.9. The molecule has 0 aromatic carbocycles. The Kier molecular flexibility index (Phi) is 5.05. The molecule has 1 unspecified atom stereocenters. The highest BCUT2D eigenvalue weighted by Crippen LogP contribution is 2.50. The van der Waals surface area contributed by atoms with E-state index >= 15 is 0 Å². The van der Waals surface area contributed by atoms with Crippen LogP contribution in [0.15, 0.2) is 11.9 Å². The standard InChI is InChI=1S/C6Cl2F10O/c7-4(14,15)5(8,16)19-6(17,18)3(12,13)1(9)2(10)11. The summed E-state index contributed by atoms with van der Waals surface area (Å²) in [5, 5.41) is -10.9. The van der Waals surface area contributed by atoms with E-state index < -0.39 is 34.6 Å². The minimum absolute atomic E-state index is 2.15. The zero-order valence-corrected chi connectivity index (χ0v) is 9.46. The molecule has 1 nitrogen and oxygen atoms in total. The van der Waals surface area contributed by atoms with Gasteiger partial charge < -0.3 is 0 Å². The molecule has 0 rings (SSSR count). The Balaban J connectivity index is 5.48. The summed E-state index contributed by atoms with van der Waals surface area (Å²) in [4.78, 5) is 0. The van der Waals surface area contributed by atoms with Gasteiger partial charge in [-0.1, -0.05) is 0 Å². The third-order valence-corrected chi connectivity index (χ3v) is 2.05. The maximum absolute atomic E-state index is 12.6. The maximum Gasteiger partial charge on any atom is 0.430 e. The monoisotopic (exact) mass is 348 g/mol. The van der Waals surface area contributed by atoms with Crippen LogP contribution in [0.3, 0.4) is 0 Å². The van der Waals surface area contributed by atoms with Gasteiger partial charge >= 0.3 is 28.8 Å². The van der Waals surface area contributed by atoms with Crippen molar-refractivity contribution in [2.24, 2.45) is 0 Å². The first-order valence-corrected chi connectivity index (χ1v) is 4.43. The lowest BCUT2D eigenvalue weighted by Gasteiger charge is -2.30. The molecule has 1 atom stereocenters. The van der Waals surface area contributed by atoms with E-state index in [-0.39, 0.29) is 0 Å². The minimum Gasteiger partial charge on any atom is -0.258 e. The second-order valence-corrected chi connectivity index (χ2v) is 3.74. The molecule has 0 fully saturated rings. The lowest BCUT2D eigenvalue weighted by Crippen LogP contribution is -2.51. The predicted molar refractivity (Wildman–Crippen MR) is 41.8 cm³/mol. The van der Waals surface area contributed by atoms with E-state index in [1.165, 1.54) is 0 Å². The summed E-state index contributed by atoms with van der Waals surface area (Å²) in [6.07, 6.45) is -10.4. The van der Waals surface area contributed by atoms with Gasteiger partial charge in [0.2, 0.25) is 5.83 Å². The molecule has 114 valence electrons. The fourth-order valence-electron chi connectivity index (χ4n) is 0.529. The average molecular weight is 349 g/mol. The van der Waals surface area contributed by atoms with Crippen molar-refractivity contribution in [1.82, 2.24) is 0 Å². The predicted octanol–water partition coefficient (Wildman–Crippen LogP) is 5.00. The molecular weight excluding hydrogens is 349 g/mol. The summed E-state index contributed by atoms with van der Waals surface area (Å²) in [6.45, 7) is 0. The van der Waals surface area contributed by atoms with Crippen molar-refractivity contribution in [2.45, 2.75) is 22.7 Å². The lowest BCUT2D eigenvalue weighted by molar-refractivity contribution is -0.396. The van der Waals surface area contributed by atoms with Gasteiger partial charge in [-0.2, -0.15) is 43.9 Å². The van der Waals surface area contributed by atoms with Crippen molar-refractivity contribution in [2.75, 3.05) is 0 Å². The number of halogens is 12. The molecule has 0 saturated heterocycles. The van der Waals surface area contributed by atoms with E-state index in [1.54, 1.807) is 0 Å². The molecule has 0 radical (unpaired) electrons. The number of rotatable bonds is 5. The van der Waals surface area contributed by atoms with Crippen LogP contribution in [0.1, 0.15) is 0 Å². The van der Waals surface area contributed by atoms with Gasteiger partial charge in [-0.15, -0.1) is 0 Å². The first kappa shape index (κ1) is 18.6. The van der Waals surface area contributed by atoms with Crippen LogP contribution in [-0.2, 0) is 4.74 Å². The Morgan fingerprint density at radius 3 is 1.42 bits per heavy atom. The van der Waals surface area contributed by atoms with E-state index in [1.807, 2.05) is 0 Å². The molecule has 13 heteroatoms. The topological polar surface area (TPSA) is 9.23 Å². The third-order valence-electron chi connectivity index (χ3n) is 1.39. The van der Waals surface area contributed by atoms with Gasteiger partial charge in [0, 0.05) is 0 Å². The van der Waals surface area contributed by atoms with Gasteiger partial charge in [0.05, 0.1) is 0 Å². The molecule has 0 bridgehead atoms. The fourth-order valence-corrected chi connectivity index (χ4v) is 0.665. The van der Waals surface area contributed by atoms with E-state index in [2.05, 4.69) is 27.9 Å². The van der Waals surface area contributed by atoms with Crippen LogP contribution in [0.5, 0.6) is 0 Å². The van der Waals surface area contributed by atoms with Gasteiger partial charge in [-0.25, -0.2) is 0 Å². The Labute approximate surface area is 107 Å². The van der Waals surface area contributed by atoms with Crippen LogP contribution in [0.4, 0.5) is 43.9 Å². The Morgan fingerprint density at radius 1 is 0.789 bits per heavy atom. The second kappa shape index (κ2) is 5.17. The molecule has 0 saturated carbocycles. The van der Waals surface area contributed by atoms with Crippen molar-refractivity contribution in [3.05, 3.63) is 11.9 Å². The van der Waals surface area contributed by atoms with Crippen LogP contribution < -0.4 is 0 Å². The van der Waals surface area contributed by atoms with E-state index in [9.17, 15) is 43.9 Å². The summed E-state index contributed by atoms with van der Waals surface area (Å²) in [5.74, 6) is -10.5. The zero-order valence-electron chi connectivity index (χ0n) is 7.94. The Hall–Kier alpha value is -0.420. The van der Waals surface area contributed by atoms with Gasteiger partial charge in [-0.3, -0.25) is 4.74 Å². The van der Waals surface area contributed by atoms with Crippen LogP contribution in [0, 0.1) is 0 Å². The molecular formula is C6Cl2F10O. The molecule has 0 aromatic heterocycles. The van der Waals surface area contributed by atoms with Crippen molar-refractivity contribution in [1.29, 1.82) is 0 Å². The Morgan fingerprint density at radius 2 is 1.16 bits per heavy atom. The summed E-state index contributed by atoms with van der Waals surface area (Å²) < 4.78 is 124. The van der Waals surface area contributed by atoms with Crippen LogP contribution in [0.25, 0.3) is 0 Å². The number of hydrogen-bond acceptors (Lipinski definition) is 1. The van der Waals surface area contributed by atoms with E-state index in [4.69, 9.17) is 0 Å². The summed E-state index contributed by atoms with van der Waals surface area (Å²) >= 11 is 7.80. The molecule has 0 aliphatic rings. The number of alkyl halides is 9. The third kappa shape index (κ3) is 3.78. The Bertz CT molecular complexity index is 369. The van der Waals surface area contributed by atoms with Crippen molar-refractivity contribution in [3.63, 3.8) is 0 Å². The van der Waals surface area contributed by atoms with E-state index in [0.717, 1.165) is 0 Å². The summed E-state index contributed by atoms with van der Waals surface area (Å²) in [6, 6.07) is 0. The SMILES string of the molecule is FC(F)=C(F)C(F)(F)C(F)(F)OC(F)(Cl)C(F)(F)Cl. The van der Waals surface area contributed by atoms with Gasteiger partial charge in [0.25, 0.3) is 0 Å². The van der Waals surface area contributed by atoms with Crippen LogP contribution >= 0.6 is 23.2 Å². The fraction of sp³-hybridized carbons (Fsp3) is 0.667. The number of ether oxygens (including phenoxy) is 1. The molecule has 0 spiro atoms. The molecule has 0 heterocycles. The summed E-state index contributed by atoms with van der Waals surface area (Å²) in [5.41, 5.74) is 0. The molecule has 0 aliphatic heterocycles. The average Bonchev–Trinajstić information content (AvgIpc) is 2.12. The minimum atomic E-state index is -6.48. The quantitative estimate of drug-likeness (QED) is 0.501. The van der Waals surface area contributed by atoms with Gasteiger partial charge in [0.15, 0.2) is 0 Å². The van der Waals surface area contributed by atoms with Crippen molar-refractivity contribution in [3.8, 4) is 0 Å². The molecule has 0 aliphatic carbocycles. The normalized spacial score (nSPS) is 17.1.